The van der Waals surface area contributed by atoms with Gasteiger partial charge in [-0.25, -0.2) is 4.98 Å². The summed E-state index contributed by atoms with van der Waals surface area (Å²) in [5.74, 6) is 0.205. The van der Waals surface area contributed by atoms with Gasteiger partial charge in [-0.3, -0.25) is 14.6 Å². The van der Waals surface area contributed by atoms with Gasteiger partial charge >= 0.3 is 0 Å². The van der Waals surface area contributed by atoms with Crippen LogP contribution in [0.2, 0.25) is 0 Å². The summed E-state index contributed by atoms with van der Waals surface area (Å²) in [4.78, 5) is 34.1. The number of hydrogen-bond acceptors (Lipinski definition) is 5. The van der Waals surface area contributed by atoms with Crippen LogP contribution in [0.3, 0.4) is 0 Å². The van der Waals surface area contributed by atoms with Crippen LogP contribution in [-0.2, 0) is 0 Å². The summed E-state index contributed by atoms with van der Waals surface area (Å²) in [5, 5.41) is 1.37. The largest absolute Gasteiger partial charge is 0.301 e. The van der Waals surface area contributed by atoms with Gasteiger partial charge in [-0.1, -0.05) is 17.8 Å². The molecule has 2 heterocycles. The van der Waals surface area contributed by atoms with Crippen molar-refractivity contribution in [1.29, 1.82) is 0 Å². The van der Waals surface area contributed by atoms with E-state index in [-0.39, 0.29) is 17.1 Å². The molecule has 0 aliphatic rings. The highest BCUT2D eigenvalue weighted by Gasteiger charge is 2.08. The first-order valence-electron chi connectivity index (χ1n) is 6.28. The number of nitrogens with one attached hydrogen (secondary N) is 1. The highest BCUT2D eigenvalue weighted by molar-refractivity contribution is 7.99. The number of carbonyl (C=O) groups is 1. The van der Waals surface area contributed by atoms with Crippen LogP contribution < -0.4 is 5.56 Å². The molecule has 1 aromatic carbocycles. The van der Waals surface area contributed by atoms with Crippen LogP contribution >= 0.6 is 11.8 Å². The second-order valence-corrected chi connectivity index (χ2v) is 5.33. The minimum Gasteiger partial charge on any atom is -0.301 e. The fourth-order valence-electron chi connectivity index (χ4n) is 1.89. The molecule has 5 nitrogen and oxygen atoms in total. The Balaban J connectivity index is 1.76. The third-order valence-corrected chi connectivity index (χ3v) is 3.80. The molecule has 0 saturated heterocycles. The molecule has 6 heteroatoms. The van der Waals surface area contributed by atoms with Gasteiger partial charge in [0.05, 0.1) is 11.3 Å². The molecule has 0 atom stereocenters. The van der Waals surface area contributed by atoms with E-state index in [0.717, 1.165) is 10.9 Å². The first kappa shape index (κ1) is 13.5. The van der Waals surface area contributed by atoms with Crippen molar-refractivity contribution < 1.29 is 4.79 Å². The van der Waals surface area contributed by atoms with E-state index in [4.69, 9.17) is 0 Å². The van der Waals surface area contributed by atoms with E-state index in [1.807, 2.05) is 24.3 Å². The number of H-pyrrole nitrogens is 1. The van der Waals surface area contributed by atoms with Gasteiger partial charge in [0.25, 0.3) is 5.56 Å². The lowest BCUT2D eigenvalue weighted by atomic mass is 10.1. The van der Waals surface area contributed by atoms with E-state index in [1.165, 1.54) is 24.0 Å². The Hall–Kier alpha value is -2.47. The number of benzene rings is 1. The van der Waals surface area contributed by atoms with Crippen molar-refractivity contribution in [3.8, 4) is 0 Å². The highest BCUT2D eigenvalue weighted by atomic mass is 32.2. The van der Waals surface area contributed by atoms with E-state index < -0.39 is 0 Å². The molecule has 0 spiro atoms. The molecule has 0 saturated carbocycles. The molecule has 0 aliphatic heterocycles. The molecule has 0 bridgehead atoms. The Labute approximate surface area is 124 Å². The van der Waals surface area contributed by atoms with E-state index >= 15 is 0 Å². The number of fused-ring (bicyclic) bond motifs is 1. The first-order chi connectivity index (χ1) is 10.2. The predicted octanol–water partition coefficient (Wildman–Crippen LogP) is 2.29. The van der Waals surface area contributed by atoms with Crippen molar-refractivity contribution in [2.75, 3.05) is 5.75 Å². The molecule has 0 amide bonds. The number of aromatic amines is 1. The second-order valence-electron chi connectivity index (χ2n) is 4.36. The van der Waals surface area contributed by atoms with E-state index in [2.05, 4.69) is 15.0 Å². The second kappa shape index (κ2) is 5.88. The summed E-state index contributed by atoms with van der Waals surface area (Å²) < 4.78 is 0. The number of rotatable bonds is 4. The number of hydrogen-bond donors (Lipinski definition) is 1. The summed E-state index contributed by atoms with van der Waals surface area (Å²) >= 11 is 1.21. The molecule has 21 heavy (non-hydrogen) atoms. The van der Waals surface area contributed by atoms with Crippen LogP contribution in [0.1, 0.15) is 10.4 Å². The molecule has 2 aromatic heterocycles. The number of pyridine rings is 1. The standard InChI is InChI=1S/C15H11N3O2S/c19-13(9-21-15-17-7-5-14(20)18-15)11-3-4-12-10(8-11)2-1-6-16-12/h1-8H,9H2,(H,17,18,20). The molecule has 0 unspecified atom stereocenters. The van der Waals surface area contributed by atoms with Gasteiger partial charge in [-0.2, -0.15) is 0 Å². The van der Waals surface area contributed by atoms with Crippen LogP contribution in [0.25, 0.3) is 10.9 Å². The van der Waals surface area contributed by atoms with Crippen molar-refractivity contribution in [2.45, 2.75) is 5.16 Å². The van der Waals surface area contributed by atoms with Crippen LogP contribution in [0.4, 0.5) is 0 Å². The Kier molecular flexibility index (Phi) is 3.79. The fourth-order valence-corrected chi connectivity index (χ4v) is 2.63. The molecule has 1 N–H and O–H groups in total. The Morgan fingerprint density at radius 2 is 2.05 bits per heavy atom. The van der Waals surface area contributed by atoms with Crippen molar-refractivity contribution in [1.82, 2.24) is 15.0 Å². The maximum absolute atomic E-state index is 12.2. The zero-order valence-corrected chi connectivity index (χ0v) is 11.8. The molecule has 0 aliphatic carbocycles. The smallest absolute Gasteiger partial charge is 0.251 e. The molecule has 0 fully saturated rings. The Morgan fingerprint density at radius 1 is 1.14 bits per heavy atom. The lowest BCUT2D eigenvalue weighted by Gasteiger charge is -2.02. The SMILES string of the molecule is O=C(CSc1nccc(=O)[nH]1)c1ccc2ncccc2c1. The van der Waals surface area contributed by atoms with Gasteiger partial charge in [-0.05, 0) is 24.3 Å². The topological polar surface area (TPSA) is 75.7 Å². The summed E-state index contributed by atoms with van der Waals surface area (Å²) in [6.45, 7) is 0. The lowest BCUT2D eigenvalue weighted by molar-refractivity contribution is 0.102. The van der Waals surface area contributed by atoms with Gasteiger partial charge in [0, 0.05) is 29.4 Å². The quantitative estimate of drug-likeness (QED) is 0.454. The summed E-state index contributed by atoms with van der Waals surface area (Å²) in [5.41, 5.74) is 1.26. The van der Waals surface area contributed by atoms with Gasteiger partial charge in [0.1, 0.15) is 0 Å². The van der Waals surface area contributed by atoms with Gasteiger partial charge in [0.2, 0.25) is 0 Å². The van der Waals surface area contributed by atoms with E-state index in [9.17, 15) is 9.59 Å². The molecular weight excluding hydrogens is 286 g/mol. The number of aromatic nitrogens is 3. The number of carbonyl (C=O) groups excluding carboxylic acids is 1. The summed E-state index contributed by atoms with van der Waals surface area (Å²) in [6.07, 6.45) is 3.14. The fraction of sp³-hybridized carbons (Fsp3) is 0.0667. The van der Waals surface area contributed by atoms with Crippen LogP contribution in [0.15, 0.2) is 58.7 Å². The maximum atomic E-state index is 12.2. The average molecular weight is 297 g/mol. The predicted molar refractivity (Wildman–Crippen MR) is 81.7 cm³/mol. The number of thioether (sulfide) groups is 1. The van der Waals surface area contributed by atoms with Crippen LogP contribution in [-0.4, -0.2) is 26.5 Å². The van der Waals surface area contributed by atoms with Crippen molar-refractivity contribution in [3.05, 3.63) is 64.7 Å². The summed E-state index contributed by atoms with van der Waals surface area (Å²) in [6, 6.07) is 10.5. The van der Waals surface area contributed by atoms with Crippen LogP contribution in [0.5, 0.6) is 0 Å². The van der Waals surface area contributed by atoms with Crippen molar-refractivity contribution in [2.24, 2.45) is 0 Å². The normalized spacial score (nSPS) is 10.7. The number of ketones is 1. The summed E-state index contributed by atoms with van der Waals surface area (Å²) in [7, 11) is 0. The number of Topliss-reactive ketones (excluding diaryl/α,β-unsaturated/α-hetero) is 1. The minimum absolute atomic E-state index is 0.0164. The molecule has 3 aromatic rings. The highest BCUT2D eigenvalue weighted by Crippen LogP contribution is 2.17. The van der Waals surface area contributed by atoms with Gasteiger partial charge in [-0.15, -0.1) is 0 Å². The molecular formula is C15H11N3O2S. The third kappa shape index (κ3) is 3.17. The van der Waals surface area contributed by atoms with Gasteiger partial charge in [0.15, 0.2) is 10.9 Å². The lowest BCUT2D eigenvalue weighted by Crippen LogP contribution is -2.08. The van der Waals surface area contributed by atoms with Crippen molar-refractivity contribution in [3.63, 3.8) is 0 Å². The third-order valence-electron chi connectivity index (χ3n) is 2.91. The Bertz CT molecular complexity index is 860. The molecule has 3 rings (SSSR count). The zero-order chi connectivity index (χ0) is 14.7. The number of nitrogens with zero attached hydrogens (tertiary/aromatic N) is 2. The average Bonchev–Trinajstić information content (AvgIpc) is 2.52. The monoisotopic (exact) mass is 297 g/mol. The molecule has 104 valence electrons. The van der Waals surface area contributed by atoms with Gasteiger partial charge < -0.3 is 4.98 Å². The maximum Gasteiger partial charge on any atom is 0.251 e. The van der Waals surface area contributed by atoms with E-state index in [1.54, 1.807) is 12.3 Å². The van der Waals surface area contributed by atoms with Crippen LogP contribution in [0, 0.1) is 0 Å². The first-order valence-corrected chi connectivity index (χ1v) is 7.27. The minimum atomic E-state index is -0.225. The van der Waals surface area contributed by atoms with Crippen molar-refractivity contribution >= 4 is 28.4 Å². The van der Waals surface area contributed by atoms with E-state index in [0.29, 0.717) is 10.7 Å². The zero-order valence-electron chi connectivity index (χ0n) is 10.9. The Morgan fingerprint density at radius 3 is 2.90 bits per heavy atom. The molecule has 0 radical (unpaired) electrons.